The third-order valence-corrected chi connectivity index (χ3v) is 9.20. The zero-order valence-electron chi connectivity index (χ0n) is 21.8. The summed E-state index contributed by atoms with van der Waals surface area (Å²) in [7, 11) is -2.58. The molecule has 3 aromatic rings. The van der Waals surface area contributed by atoms with E-state index in [1.807, 2.05) is 55.5 Å². The predicted octanol–water partition coefficient (Wildman–Crippen LogP) is 5.11. The zero-order chi connectivity index (χ0) is 26.7. The molecule has 37 heavy (non-hydrogen) atoms. The number of nitrogens with zero attached hydrogens (tertiary/aromatic N) is 1. The smallest absolute Gasteiger partial charge is 0.338 e. The lowest BCUT2D eigenvalue weighted by atomic mass is 9.91. The van der Waals surface area contributed by atoms with Crippen molar-refractivity contribution in [2.75, 3.05) is 7.11 Å². The van der Waals surface area contributed by atoms with Crippen LogP contribution >= 0.6 is 0 Å². The third kappa shape index (κ3) is 5.53. The van der Waals surface area contributed by atoms with Crippen LogP contribution in [0, 0.1) is 20.8 Å². The predicted molar refractivity (Wildman–Crippen MR) is 143 cm³/mol. The molecule has 0 amide bonds. The average molecular weight is 520 g/mol. The van der Waals surface area contributed by atoms with E-state index >= 15 is 0 Å². The lowest BCUT2D eigenvalue weighted by Gasteiger charge is -2.36. The Kier molecular flexibility index (Phi) is 7.95. The molecule has 6 nitrogen and oxygen atoms in total. The molecule has 0 saturated carbocycles. The van der Waals surface area contributed by atoms with Gasteiger partial charge in [0.2, 0.25) is 10.0 Å². The molecule has 1 heterocycles. The first kappa shape index (κ1) is 26.8. The summed E-state index contributed by atoms with van der Waals surface area (Å²) < 4.78 is 34.3. The van der Waals surface area contributed by atoms with Crippen molar-refractivity contribution in [1.82, 2.24) is 4.31 Å². The highest BCUT2D eigenvalue weighted by Crippen LogP contribution is 2.33. The van der Waals surface area contributed by atoms with Gasteiger partial charge in [-0.05, 0) is 73.9 Å². The molecule has 4 rings (SSSR count). The molecule has 1 unspecified atom stereocenters. The quantitative estimate of drug-likeness (QED) is 0.387. The maximum atomic E-state index is 14.0. The van der Waals surface area contributed by atoms with E-state index in [1.54, 1.807) is 26.0 Å². The number of sulfonamides is 1. The molecule has 0 fully saturated rings. The molecule has 0 N–H and O–H groups in total. The first-order valence-electron chi connectivity index (χ1n) is 12.5. The normalized spacial score (nSPS) is 15.7. The molecule has 0 aliphatic carbocycles. The van der Waals surface area contributed by atoms with E-state index < -0.39 is 22.0 Å². The number of benzene rings is 3. The van der Waals surface area contributed by atoms with Crippen molar-refractivity contribution < 1.29 is 22.7 Å². The van der Waals surface area contributed by atoms with E-state index in [1.165, 1.54) is 11.4 Å². The summed E-state index contributed by atoms with van der Waals surface area (Å²) in [5.74, 6) is -0.525. The Balaban J connectivity index is 1.61. The van der Waals surface area contributed by atoms with Gasteiger partial charge in [0.05, 0.1) is 23.6 Å². The van der Waals surface area contributed by atoms with E-state index in [0.717, 1.165) is 22.3 Å². The Hall–Kier alpha value is -3.29. The van der Waals surface area contributed by atoms with Gasteiger partial charge in [0, 0.05) is 13.0 Å². The first-order valence-corrected chi connectivity index (χ1v) is 13.9. The van der Waals surface area contributed by atoms with Crippen LogP contribution in [0.3, 0.4) is 0 Å². The molecule has 0 radical (unpaired) electrons. The second-order valence-corrected chi connectivity index (χ2v) is 11.6. The molecule has 194 valence electrons. The molecule has 0 saturated heterocycles. The van der Waals surface area contributed by atoms with E-state index in [-0.39, 0.29) is 23.6 Å². The Morgan fingerprint density at radius 3 is 2.24 bits per heavy atom. The van der Waals surface area contributed by atoms with Crippen molar-refractivity contribution >= 4 is 21.8 Å². The summed E-state index contributed by atoms with van der Waals surface area (Å²) >= 11 is 0. The summed E-state index contributed by atoms with van der Waals surface area (Å²) in [4.78, 5) is 26.0. The summed E-state index contributed by atoms with van der Waals surface area (Å²) in [5, 5.41) is 0. The molecule has 1 aliphatic rings. The Labute approximate surface area is 219 Å². The SMILES string of the molecule is COC(=O)c1ccccc1CCCC(=O)C1Cc2ccccc2CN1S(=O)(=O)c1c(C)cc(C)cc1C. The topological polar surface area (TPSA) is 80.8 Å². The Morgan fingerprint density at radius 1 is 0.946 bits per heavy atom. The van der Waals surface area contributed by atoms with Gasteiger partial charge in [0.15, 0.2) is 5.78 Å². The number of methoxy groups -OCH3 is 1. The summed E-state index contributed by atoms with van der Waals surface area (Å²) in [6, 6.07) is 17.9. The second kappa shape index (κ2) is 11.0. The Bertz CT molecular complexity index is 1420. The molecule has 1 atom stereocenters. The van der Waals surface area contributed by atoms with Gasteiger partial charge in [-0.25, -0.2) is 13.2 Å². The third-order valence-electron chi connectivity index (χ3n) is 7.04. The maximum Gasteiger partial charge on any atom is 0.338 e. The van der Waals surface area contributed by atoms with Crippen molar-refractivity contribution in [1.29, 1.82) is 0 Å². The lowest BCUT2D eigenvalue weighted by molar-refractivity contribution is -0.123. The van der Waals surface area contributed by atoms with Gasteiger partial charge in [0.25, 0.3) is 0 Å². The molecule has 3 aromatic carbocycles. The maximum absolute atomic E-state index is 14.0. The minimum absolute atomic E-state index is 0.115. The number of carbonyl (C=O) groups is 2. The zero-order valence-corrected chi connectivity index (χ0v) is 22.6. The number of carbonyl (C=O) groups excluding carboxylic acids is 2. The van der Waals surface area contributed by atoms with Crippen LogP contribution in [0.15, 0.2) is 65.6 Å². The van der Waals surface area contributed by atoms with Crippen molar-refractivity contribution in [3.05, 3.63) is 99.6 Å². The van der Waals surface area contributed by atoms with E-state index in [2.05, 4.69) is 0 Å². The average Bonchev–Trinajstić information content (AvgIpc) is 2.86. The fourth-order valence-corrected chi connectivity index (χ4v) is 7.39. The highest BCUT2D eigenvalue weighted by molar-refractivity contribution is 7.89. The number of aryl methyl sites for hydroxylation is 4. The second-order valence-electron chi connectivity index (χ2n) is 9.74. The van der Waals surface area contributed by atoms with Crippen LogP contribution < -0.4 is 0 Å². The number of ether oxygens (including phenoxy) is 1. The largest absolute Gasteiger partial charge is 0.465 e. The van der Waals surface area contributed by atoms with Gasteiger partial charge < -0.3 is 4.74 Å². The van der Waals surface area contributed by atoms with Crippen molar-refractivity contribution in [3.8, 4) is 0 Å². The molecule has 0 aromatic heterocycles. The number of rotatable bonds is 8. The number of Topliss-reactive ketones (excluding diaryl/α,β-unsaturated/α-hetero) is 1. The number of hydrogen-bond acceptors (Lipinski definition) is 5. The number of fused-ring (bicyclic) bond motifs is 1. The fourth-order valence-electron chi connectivity index (χ4n) is 5.38. The van der Waals surface area contributed by atoms with Crippen LogP contribution in [-0.2, 0) is 38.9 Å². The number of hydrogen-bond donors (Lipinski definition) is 0. The molecule has 1 aliphatic heterocycles. The first-order chi connectivity index (χ1) is 17.6. The van der Waals surface area contributed by atoms with Crippen LogP contribution in [0.1, 0.15) is 56.6 Å². The van der Waals surface area contributed by atoms with Gasteiger partial charge in [-0.1, -0.05) is 60.2 Å². The van der Waals surface area contributed by atoms with Crippen LogP contribution in [-0.4, -0.2) is 37.6 Å². The van der Waals surface area contributed by atoms with Crippen molar-refractivity contribution in [3.63, 3.8) is 0 Å². The van der Waals surface area contributed by atoms with E-state index in [0.29, 0.717) is 36.0 Å². The standard InChI is InChI=1S/C30H33NO5S/c1-20-16-21(2)29(22(3)17-20)37(34,35)31-19-25-12-6-5-11-24(25)18-27(31)28(32)15-9-13-23-10-7-8-14-26(23)30(33)36-4/h5-8,10-12,14,16-17,27H,9,13,15,18-19H2,1-4H3. The Morgan fingerprint density at radius 2 is 1.57 bits per heavy atom. The number of ketones is 1. The molecular weight excluding hydrogens is 486 g/mol. The molecule has 0 bridgehead atoms. The van der Waals surface area contributed by atoms with Crippen LogP contribution in [0.25, 0.3) is 0 Å². The van der Waals surface area contributed by atoms with Crippen LogP contribution in [0.2, 0.25) is 0 Å². The van der Waals surface area contributed by atoms with Crippen LogP contribution in [0.5, 0.6) is 0 Å². The summed E-state index contributed by atoms with van der Waals surface area (Å²) in [6.45, 7) is 5.71. The fraction of sp³-hybridized carbons (Fsp3) is 0.333. The molecule has 0 spiro atoms. The highest BCUT2D eigenvalue weighted by atomic mass is 32.2. The van der Waals surface area contributed by atoms with Gasteiger partial charge in [-0.15, -0.1) is 0 Å². The summed E-state index contributed by atoms with van der Waals surface area (Å²) in [6.07, 6.45) is 1.57. The minimum atomic E-state index is -3.92. The highest BCUT2D eigenvalue weighted by Gasteiger charge is 2.40. The van der Waals surface area contributed by atoms with E-state index in [9.17, 15) is 18.0 Å². The van der Waals surface area contributed by atoms with Gasteiger partial charge in [-0.3, -0.25) is 4.79 Å². The van der Waals surface area contributed by atoms with Gasteiger partial charge >= 0.3 is 5.97 Å². The van der Waals surface area contributed by atoms with Crippen molar-refractivity contribution in [2.24, 2.45) is 0 Å². The monoisotopic (exact) mass is 519 g/mol. The summed E-state index contributed by atoms with van der Waals surface area (Å²) in [5.41, 5.74) is 5.58. The minimum Gasteiger partial charge on any atom is -0.465 e. The van der Waals surface area contributed by atoms with E-state index in [4.69, 9.17) is 4.74 Å². The molecular formula is C30H33NO5S. The van der Waals surface area contributed by atoms with Gasteiger partial charge in [0.1, 0.15) is 0 Å². The lowest BCUT2D eigenvalue weighted by Crippen LogP contribution is -2.48. The molecule has 7 heteroatoms. The van der Waals surface area contributed by atoms with Crippen LogP contribution in [0.4, 0.5) is 0 Å². The van der Waals surface area contributed by atoms with Gasteiger partial charge in [-0.2, -0.15) is 4.31 Å². The number of esters is 1. The van der Waals surface area contributed by atoms with Crippen molar-refractivity contribution in [2.45, 2.75) is 63.9 Å².